The molecule has 0 saturated heterocycles. The van der Waals surface area contributed by atoms with Crippen LogP contribution in [0.4, 0.5) is 4.79 Å². The number of carbonyl (C=O) groups excluding carboxylic acids is 1. The third-order valence-electron chi connectivity index (χ3n) is 2.38. The minimum absolute atomic E-state index is 0.0666. The van der Waals surface area contributed by atoms with Gasteiger partial charge >= 0.3 is 6.09 Å². The summed E-state index contributed by atoms with van der Waals surface area (Å²) in [5.74, 6) is 0. The average molecular weight is 212 g/mol. The molecule has 1 amide bonds. The van der Waals surface area contributed by atoms with Crippen molar-refractivity contribution in [2.45, 2.75) is 38.2 Å². The Labute approximate surface area is 90.9 Å². The maximum Gasteiger partial charge on any atom is 0.407 e. The standard InChI is InChI=1S/C11H20N2O2/c12-8-9-13-11(14)15-10-6-4-2-1-3-5-7-10/h4,6,10H,1-3,5,7-9,12H2,(H,13,14)/b6-4+. The quantitative estimate of drug-likeness (QED) is 0.698. The lowest BCUT2D eigenvalue weighted by Crippen LogP contribution is -2.32. The zero-order valence-corrected chi connectivity index (χ0v) is 9.08. The number of amides is 1. The van der Waals surface area contributed by atoms with E-state index in [0.717, 1.165) is 19.3 Å². The molecule has 4 heteroatoms. The molecule has 0 fully saturated rings. The number of hydrogen-bond acceptors (Lipinski definition) is 3. The fourth-order valence-corrected chi connectivity index (χ4v) is 1.58. The summed E-state index contributed by atoms with van der Waals surface area (Å²) in [7, 11) is 0. The van der Waals surface area contributed by atoms with E-state index in [1.54, 1.807) is 0 Å². The Kier molecular flexibility index (Phi) is 5.85. The average Bonchev–Trinajstić information content (AvgIpc) is 2.19. The van der Waals surface area contributed by atoms with Gasteiger partial charge in [-0.25, -0.2) is 4.79 Å². The lowest BCUT2D eigenvalue weighted by atomic mass is 10.0. The van der Waals surface area contributed by atoms with Crippen molar-refractivity contribution in [3.63, 3.8) is 0 Å². The van der Waals surface area contributed by atoms with Crippen LogP contribution in [0.3, 0.4) is 0 Å². The Morgan fingerprint density at radius 2 is 2.33 bits per heavy atom. The Morgan fingerprint density at radius 1 is 1.47 bits per heavy atom. The van der Waals surface area contributed by atoms with Gasteiger partial charge in [0, 0.05) is 13.1 Å². The topological polar surface area (TPSA) is 64.3 Å². The molecule has 0 aromatic carbocycles. The van der Waals surface area contributed by atoms with Crippen LogP contribution in [-0.2, 0) is 4.74 Å². The number of nitrogens with one attached hydrogen (secondary N) is 1. The van der Waals surface area contributed by atoms with Crippen molar-refractivity contribution in [1.29, 1.82) is 0 Å². The molecule has 0 heterocycles. The molecule has 86 valence electrons. The largest absolute Gasteiger partial charge is 0.442 e. The molecule has 1 rings (SSSR count). The van der Waals surface area contributed by atoms with E-state index in [9.17, 15) is 4.79 Å². The molecule has 0 aromatic rings. The maximum atomic E-state index is 11.2. The SMILES string of the molecule is NCCNC(=O)OC1/C=C/CCCCC1. The van der Waals surface area contributed by atoms with Crippen LogP contribution in [0.5, 0.6) is 0 Å². The lowest BCUT2D eigenvalue weighted by molar-refractivity contribution is 0.113. The number of allylic oxidation sites excluding steroid dienone is 1. The van der Waals surface area contributed by atoms with Crippen LogP contribution in [-0.4, -0.2) is 25.3 Å². The number of hydrogen-bond donors (Lipinski definition) is 2. The van der Waals surface area contributed by atoms with E-state index in [1.165, 1.54) is 12.8 Å². The maximum absolute atomic E-state index is 11.2. The smallest absolute Gasteiger partial charge is 0.407 e. The summed E-state index contributed by atoms with van der Waals surface area (Å²) < 4.78 is 5.24. The van der Waals surface area contributed by atoms with Gasteiger partial charge in [0.2, 0.25) is 0 Å². The normalized spacial score (nSPS) is 23.7. The van der Waals surface area contributed by atoms with Gasteiger partial charge in [-0.05, 0) is 31.8 Å². The van der Waals surface area contributed by atoms with Gasteiger partial charge in [-0.1, -0.05) is 12.5 Å². The second-order valence-corrected chi connectivity index (χ2v) is 3.73. The van der Waals surface area contributed by atoms with Crippen LogP contribution in [0.15, 0.2) is 12.2 Å². The van der Waals surface area contributed by atoms with Crippen LogP contribution >= 0.6 is 0 Å². The van der Waals surface area contributed by atoms with E-state index in [4.69, 9.17) is 10.5 Å². The minimum Gasteiger partial charge on any atom is -0.442 e. The first-order valence-electron chi connectivity index (χ1n) is 5.64. The van der Waals surface area contributed by atoms with E-state index in [1.807, 2.05) is 6.08 Å². The number of carbonyl (C=O) groups is 1. The van der Waals surface area contributed by atoms with E-state index >= 15 is 0 Å². The van der Waals surface area contributed by atoms with Gasteiger partial charge in [-0.15, -0.1) is 0 Å². The van der Waals surface area contributed by atoms with Crippen LogP contribution < -0.4 is 11.1 Å². The molecule has 3 N–H and O–H groups in total. The van der Waals surface area contributed by atoms with Gasteiger partial charge in [0.25, 0.3) is 0 Å². The summed E-state index contributed by atoms with van der Waals surface area (Å²) in [5.41, 5.74) is 5.27. The summed E-state index contributed by atoms with van der Waals surface area (Å²) >= 11 is 0. The van der Waals surface area contributed by atoms with Crippen molar-refractivity contribution < 1.29 is 9.53 Å². The van der Waals surface area contributed by atoms with Crippen molar-refractivity contribution >= 4 is 6.09 Å². The Bertz CT molecular complexity index is 217. The Balaban J connectivity index is 2.28. The summed E-state index contributed by atoms with van der Waals surface area (Å²) in [6.45, 7) is 0.908. The highest BCUT2D eigenvalue weighted by molar-refractivity contribution is 5.67. The zero-order valence-electron chi connectivity index (χ0n) is 9.08. The van der Waals surface area contributed by atoms with Gasteiger partial charge in [-0.3, -0.25) is 0 Å². The molecule has 15 heavy (non-hydrogen) atoms. The molecule has 0 saturated carbocycles. The molecular formula is C11H20N2O2. The van der Waals surface area contributed by atoms with Crippen molar-refractivity contribution in [2.24, 2.45) is 5.73 Å². The number of rotatable bonds is 3. The van der Waals surface area contributed by atoms with Crippen LogP contribution in [0, 0.1) is 0 Å². The van der Waals surface area contributed by atoms with Crippen LogP contribution in [0.25, 0.3) is 0 Å². The summed E-state index contributed by atoms with van der Waals surface area (Å²) in [6, 6.07) is 0. The third kappa shape index (κ3) is 5.42. The van der Waals surface area contributed by atoms with Crippen molar-refractivity contribution in [3.8, 4) is 0 Å². The highest BCUT2D eigenvalue weighted by atomic mass is 16.6. The monoisotopic (exact) mass is 212 g/mol. The predicted octanol–water partition coefficient (Wildman–Crippen LogP) is 1.56. The van der Waals surface area contributed by atoms with E-state index in [-0.39, 0.29) is 12.2 Å². The summed E-state index contributed by atoms with van der Waals surface area (Å²) in [5, 5.41) is 2.60. The first kappa shape index (κ1) is 12.0. The molecule has 0 radical (unpaired) electrons. The fraction of sp³-hybridized carbons (Fsp3) is 0.727. The molecule has 1 atom stereocenters. The van der Waals surface area contributed by atoms with E-state index < -0.39 is 0 Å². The number of ether oxygens (including phenoxy) is 1. The second kappa shape index (κ2) is 7.29. The molecule has 1 unspecified atom stereocenters. The minimum atomic E-state index is -0.365. The van der Waals surface area contributed by atoms with Crippen molar-refractivity contribution in [1.82, 2.24) is 5.32 Å². The molecule has 0 aliphatic heterocycles. The van der Waals surface area contributed by atoms with E-state index in [0.29, 0.717) is 13.1 Å². The van der Waals surface area contributed by atoms with Gasteiger partial charge in [0.15, 0.2) is 0 Å². The predicted molar refractivity (Wildman–Crippen MR) is 59.6 cm³/mol. The molecule has 0 aromatic heterocycles. The molecule has 0 bridgehead atoms. The first-order chi connectivity index (χ1) is 7.33. The third-order valence-corrected chi connectivity index (χ3v) is 2.38. The highest BCUT2D eigenvalue weighted by Crippen LogP contribution is 2.14. The van der Waals surface area contributed by atoms with Gasteiger partial charge in [-0.2, -0.15) is 0 Å². The summed E-state index contributed by atoms with van der Waals surface area (Å²) in [4.78, 5) is 11.2. The van der Waals surface area contributed by atoms with E-state index in [2.05, 4.69) is 11.4 Å². The molecule has 0 spiro atoms. The molecule has 1 aliphatic rings. The Hall–Kier alpha value is -1.03. The Morgan fingerprint density at radius 3 is 3.13 bits per heavy atom. The van der Waals surface area contributed by atoms with Gasteiger partial charge < -0.3 is 15.8 Å². The zero-order chi connectivity index (χ0) is 10.9. The fourth-order valence-electron chi connectivity index (χ4n) is 1.58. The highest BCUT2D eigenvalue weighted by Gasteiger charge is 2.11. The van der Waals surface area contributed by atoms with Crippen molar-refractivity contribution in [2.75, 3.05) is 13.1 Å². The van der Waals surface area contributed by atoms with Gasteiger partial charge in [0.1, 0.15) is 6.10 Å². The number of alkyl carbamates (subject to hydrolysis) is 1. The molecule has 4 nitrogen and oxygen atoms in total. The molecule has 1 aliphatic carbocycles. The number of nitrogens with two attached hydrogens (primary N) is 1. The first-order valence-corrected chi connectivity index (χ1v) is 5.64. The van der Waals surface area contributed by atoms with Crippen LogP contribution in [0.1, 0.15) is 32.1 Å². The van der Waals surface area contributed by atoms with Crippen LogP contribution in [0.2, 0.25) is 0 Å². The lowest BCUT2D eigenvalue weighted by Gasteiger charge is -2.16. The summed E-state index contributed by atoms with van der Waals surface area (Å²) in [6.07, 6.45) is 9.24. The molecular weight excluding hydrogens is 192 g/mol. The van der Waals surface area contributed by atoms with Gasteiger partial charge in [0.05, 0.1) is 0 Å². The van der Waals surface area contributed by atoms with Crippen molar-refractivity contribution in [3.05, 3.63) is 12.2 Å². The second-order valence-electron chi connectivity index (χ2n) is 3.73.